The summed E-state index contributed by atoms with van der Waals surface area (Å²) < 4.78 is 5.35. The maximum Gasteiger partial charge on any atom is 0.119 e. The van der Waals surface area contributed by atoms with E-state index in [-0.39, 0.29) is 12.4 Å². The molecule has 0 atom stereocenters. The highest BCUT2D eigenvalue weighted by molar-refractivity contribution is 5.85. The van der Waals surface area contributed by atoms with E-state index in [2.05, 4.69) is 28.4 Å². The van der Waals surface area contributed by atoms with Gasteiger partial charge in [0.25, 0.3) is 0 Å². The molecule has 1 aromatic carbocycles. The molecule has 2 fully saturated rings. The van der Waals surface area contributed by atoms with E-state index in [0.29, 0.717) is 5.92 Å². The lowest BCUT2D eigenvalue weighted by Crippen LogP contribution is -2.39. The quantitative estimate of drug-likeness (QED) is 0.919. The largest absolute Gasteiger partial charge is 0.497 e. The van der Waals surface area contributed by atoms with Gasteiger partial charge < -0.3 is 15.0 Å². The van der Waals surface area contributed by atoms with E-state index < -0.39 is 0 Å². The topological polar surface area (TPSA) is 24.5 Å². The van der Waals surface area contributed by atoms with Crippen LogP contribution in [0.15, 0.2) is 24.3 Å². The average Bonchev–Trinajstić information content (AvgIpc) is 2.56. The minimum atomic E-state index is 0. The molecule has 2 aliphatic rings. The van der Waals surface area contributed by atoms with Gasteiger partial charge in [0.15, 0.2) is 0 Å². The Morgan fingerprint density at radius 1 is 1.14 bits per heavy atom. The third kappa shape index (κ3) is 4.61. The fourth-order valence-corrected chi connectivity index (χ4v) is 3.77. The predicted octanol–water partition coefficient (Wildman–Crippen LogP) is 3.30. The van der Waals surface area contributed by atoms with Gasteiger partial charge in [0.05, 0.1) is 7.11 Å². The Morgan fingerprint density at radius 3 is 2.55 bits per heavy atom. The molecule has 2 heterocycles. The van der Waals surface area contributed by atoms with Crippen LogP contribution >= 0.6 is 12.4 Å². The van der Waals surface area contributed by atoms with Gasteiger partial charge in [0, 0.05) is 6.54 Å². The van der Waals surface area contributed by atoms with E-state index >= 15 is 0 Å². The molecule has 2 aliphatic heterocycles. The molecule has 0 amide bonds. The Morgan fingerprint density at radius 2 is 1.86 bits per heavy atom. The maximum absolute atomic E-state index is 5.35. The third-order valence-electron chi connectivity index (χ3n) is 5.13. The average molecular weight is 325 g/mol. The normalized spacial score (nSPS) is 21.3. The van der Waals surface area contributed by atoms with Gasteiger partial charge in [-0.15, -0.1) is 12.4 Å². The van der Waals surface area contributed by atoms with Gasteiger partial charge in [0.2, 0.25) is 0 Å². The zero-order valence-electron chi connectivity index (χ0n) is 13.6. The minimum absolute atomic E-state index is 0. The number of piperidine rings is 2. The number of methoxy groups -OCH3 is 1. The zero-order chi connectivity index (χ0) is 14.5. The van der Waals surface area contributed by atoms with Gasteiger partial charge in [-0.2, -0.15) is 0 Å². The molecule has 22 heavy (non-hydrogen) atoms. The van der Waals surface area contributed by atoms with Crippen molar-refractivity contribution in [1.29, 1.82) is 0 Å². The lowest BCUT2D eigenvalue weighted by atomic mass is 9.88. The van der Waals surface area contributed by atoms with Crippen molar-refractivity contribution in [2.24, 2.45) is 5.92 Å². The first-order valence-corrected chi connectivity index (χ1v) is 8.42. The molecule has 0 aliphatic carbocycles. The summed E-state index contributed by atoms with van der Waals surface area (Å²) in [6.45, 7) is 6.25. The highest BCUT2D eigenvalue weighted by Crippen LogP contribution is 2.30. The molecule has 4 heteroatoms. The second-order valence-electron chi connectivity index (χ2n) is 6.54. The van der Waals surface area contributed by atoms with Crippen molar-refractivity contribution < 1.29 is 4.74 Å². The van der Waals surface area contributed by atoms with E-state index in [1.165, 1.54) is 64.0 Å². The summed E-state index contributed by atoms with van der Waals surface area (Å²) in [4.78, 5) is 2.69. The number of nitrogens with zero attached hydrogens (tertiary/aromatic N) is 1. The van der Waals surface area contributed by atoms with Crippen LogP contribution in [0.4, 0.5) is 0 Å². The summed E-state index contributed by atoms with van der Waals surface area (Å²) in [5.74, 6) is 2.62. The van der Waals surface area contributed by atoms with Crippen LogP contribution in [-0.4, -0.2) is 44.7 Å². The van der Waals surface area contributed by atoms with Crippen LogP contribution in [0.1, 0.15) is 37.2 Å². The number of nitrogens with one attached hydrogen (secondary N) is 1. The van der Waals surface area contributed by atoms with Gasteiger partial charge in [0.1, 0.15) is 5.75 Å². The van der Waals surface area contributed by atoms with Gasteiger partial charge in [-0.05, 0) is 81.4 Å². The van der Waals surface area contributed by atoms with Gasteiger partial charge in [-0.3, -0.25) is 0 Å². The molecule has 3 rings (SSSR count). The molecule has 0 bridgehead atoms. The molecule has 1 aromatic rings. The van der Waals surface area contributed by atoms with Crippen LogP contribution in [0.3, 0.4) is 0 Å². The van der Waals surface area contributed by atoms with Crippen molar-refractivity contribution in [3.05, 3.63) is 29.8 Å². The first-order chi connectivity index (χ1) is 10.3. The number of hydrogen-bond acceptors (Lipinski definition) is 3. The first kappa shape index (κ1) is 17.6. The molecule has 0 spiro atoms. The van der Waals surface area contributed by atoms with Crippen molar-refractivity contribution >= 4 is 12.4 Å². The molecule has 2 saturated heterocycles. The zero-order valence-corrected chi connectivity index (χ0v) is 14.4. The van der Waals surface area contributed by atoms with Crippen LogP contribution in [0.2, 0.25) is 0 Å². The number of halogens is 1. The summed E-state index contributed by atoms with van der Waals surface area (Å²) in [6.07, 6.45) is 5.29. The number of ether oxygens (including phenoxy) is 1. The van der Waals surface area contributed by atoms with Crippen molar-refractivity contribution in [3.8, 4) is 5.75 Å². The van der Waals surface area contributed by atoms with Gasteiger partial charge in [-0.25, -0.2) is 0 Å². The number of hydrogen-bond donors (Lipinski definition) is 1. The van der Waals surface area contributed by atoms with E-state index in [9.17, 15) is 0 Å². The van der Waals surface area contributed by atoms with E-state index in [4.69, 9.17) is 4.74 Å². The first-order valence-electron chi connectivity index (χ1n) is 8.42. The Kier molecular flexibility index (Phi) is 7.00. The van der Waals surface area contributed by atoms with Gasteiger partial charge >= 0.3 is 0 Å². The number of likely N-dealkylation sites (tertiary alicyclic amines) is 1. The Hall–Kier alpha value is -0.770. The van der Waals surface area contributed by atoms with Crippen LogP contribution in [0.25, 0.3) is 0 Å². The van der Waals surface area contributed by atoms with Crippen LogP contribution in [0.5, 0.6) is 5.75 Å². The summed E-state index contributed by atoms with van der Waals surface area (Å²) >= 11 is 0. The van der Waals surface area contributed by atoms with Crippen molar-refractivity contribution in [3.63, 3.8) is 0 Å². The fourth-order valence-electron chi connectivity index (χ4n) is 3.77. The van der Waals surface area contributed by atoms with Crippen LogP contribution in [0, 0.1) is 5.92 Å². The molecule has 0 saturated carbocycles. The van der Waals surface area contributed by atoms with Crippen molar-refractivity contribution in [2.45, 2.75) is 31.6 Å². The second-order valence-corrected chi connectivity index (χ2v) is 6.54. The molecule has 0 unspecified atom stereocenters. The fraction of sp³-hybridized carbons (Fsp3) is 0.667. The standard InChI is InChI=1S/C18H28N2O.ClH/c1-21-18-4-2-3-17(13-18)16-7-11-20(12-8-16)14-15-5-9-19-10-6-15;/h2-4,13,15-16,19H,5-12,14H2,1H3;1H. The molecule has 0 radical (unpaired) electrons. The molecule has 0 aromatic heterocycles. The molecular formula is C18H29ClN2O. The summed E-state index contributed by atoms with van der Waals surface area (Å²) in [7, 11) is 1.75. The smallest absolute Gasteiger partial charge is 0.119 e. The number of rotatable bonds is 4. The summed E-state index contributed by atoms with van der Waals surface area (Å²) in [5, 5.41) is 3.46. The van der Waals surface area contributed by atoms with Crippen LogP contribution in [-0.2, 0) is 0 Å². The maximum atomic E-state index is 5.35. The predicted molar refractivity (Wildman–Crippen MR) is 94.3 cm³/mol. The van der Waals surface area contributed by atoms with Gasteiger partial charge in [-0.1, -0.05) is 12.1 Å². The lowest BCUT2D eigenvalue weighted by Gasteiger charge is -2.35. The lowest BCUT2D eigenvalue weighted by molar-refractivity contribution is 0.167. The molecule has 1 N–H and O–H groups in total. The highest BCUT2D eigenvalue weighted by Gasteiger charge is 2.23. The monoisotopic (exact) mass is 324 g/mol. The third-order valence-corrected chi connectivity index (χ3v) is 5.13. The summed E-state index contributed by atoms with van der Waals surface area (Å²) in [5.41, 5.74) is 1.45. The van der Waals surface area contributed by atoms with E-state index in [1.54, 1.807) is 7.11 Å². The highest BCUT2D eigenvalue weighted by atomic mass is 35.5. The number of benzene rings is 1. The van der Waals surface area contributed by atoms with Crippen molar-refractivity contribution in [2.75, 3.05) is 39.8 Å². The van der Waals surface area contributed by atoms with Crippen LogP contribution < -0.4 is 10.1 Å². The Labute approximate surface area is 140 Å². The molecule has 3 nitrogen and oxygen atoms in total. The van der Waals surface area contributed by atoms with E-state index in [1.807, 2.05) is 6.07 Å². The molecule has 124 valence electrons. The second kappa shape index (κ2) is 8.76. The molecular weight excluding hydrogens is 296 g/mol. The van der Waals surface area contributed by atoms with E-state index in [0.717, 1.165) is 11.7 Å². The SMILES string of the molecule is COc1cccc(C2CCN(CC3CCNCC3)CC2)c1.Cl. The Bertz CT molecular complexity index is 440. The Balaban J connectivity index is 0.00000176. The summed E-state index contributed by atoms with van der Waals surface area (Å²) in [6, 6.07) is 8.63. The van der Waals surface area contributed by atoms with Crippen molar-refractivity contribution in [1.82, 2.24) is 10.2 Å². The minimum Gasteiger partial charge on any atom is -0.497 e.